The predicted octanol–water partition coefficient (Wildman–Crippen LogP) is 15.2. The number of carbonyl (C=O) groups is 2. The maximum atomic E-state index is 15.0. The summed E-state index contributed by atoms with van der Waals surface area (Å²) in [6, 6.07) is 35.5. The van der Waals surface area contributed by atoms with Crippen LogP contribution in [0.3, 0.4) is 0 Å². The number of hydrogen-bond acceptors (Lipinski definition) is 15. The number of carboxylic acids is 1. The van der Waals surface area contributed by atoms with Gasteiger partial charge in [-0.15, -0.1) is 0 Å². The Hall–Kier alpha value is -6.38. The molecule has 8 aromatic carbocycles. The Bertz CT molecular complexity index is 4430. The highest BCUT2D eigenvalue weighted by Gasteiger charge is 2.34. The van der Waals surface area contributed by atoms with Crippen molar-refractivity contribution < 1.29 is 69.8 Å². The number of rotatable bonds is 17. The highest BCUT2D eigenvalue weighted by atomic mass is 79.9. The van der Waals surface area contributed by atoms with Crippen molar-refractivity contribution in [3.63, 3.8) is 0 Å². The Balaban J connectivity index is 1.48. The Labute approximate surface area is 564 Å². The van der Waals surface area contributed by atoms with Gasteiger partial charge in [0.05, 0.1) is 18.9 Å². The molecule has 1 aliphatic carbocycles. The van der Waals surface area contributed by atoms with E-state index in [-0.39, 0.29) is 105 Å². The van der Waals surface area contributed by atoms with Gasteiger partial charge in [0.25, 0.3) is 0 Å². The van der Waals surface area contributed by atoms with Crippen LogP contribution in [0.5, 0.6) is 23.0 Å². The first kappa shape index (κ1) is 69.0. The lowest BCUT2D eigenvalue weighted by molar-refractivity contribution is -0.146. The molecule has 1 aliphatic rings. The summed E-state index contributed by atoms with van der Waals surface area (Å²) in [5, 5.41) is 10.5. The minimum absolute atomic E-state index is 0.0270. The number of benzene rings is 8. The van der Waals surface area contributed by atoms with E-state index in [9.17, 15) is 48.4 Å². The zero-order chi connectivity index (χ0) is 66.3. The molecule has 0 aromatic heterocycles. The summed E-state index contributed by atoms with van der Waals surface area (Å²) in [4.78, 5) is 25.7. The van der Waals surface area contributed by atoms with Gasteiger partial charge in [-0.2, -0.15) is 33.7 Å². The van der Waals surface area contributed by atoms with E-state index in [0.29, 0.717) is 29.0 Å². The molecule has 0 heterocycles. The molecule has 1 N–H and O–H groups in total. The van der Waals surface area contributed by atoms with Gasteiger partial charge in [0, 0.05) is 88.1 Å². The van der Waals surface area contributed by atoms with Gasteiger partial charge >= 0.3 is 52.4 Å². The van der Waals surface area contributed by atoms with Crippen molar-refractivity contribution in [1.29, 1.82) is 0 Å². The van der Waals surface area contributed by atoms with Crippen LogP contribution in [0.1, 0.15) is 122 Å². The lowest BCUT2D eigenvalue weighted by atomic mass is 9.81. The molecule has 91 heavy (non-hydrogen) atoms. The summed E-state index contributed by atoms with van der Waals surface area (Å²) in [7, 11) is -19.3. The van der Waals surface area contributed by atoms with E-state index in [0.717, 1.165) is 0 Å². The van der Waals surface area contributed by atoms with Crippen molar-refractivity contribution in [3.8, 4) is 23.0 Å². The molecular formula is C67H62Br4O16S4. The van der Waals surface area contributed by atoms with Crippen LogP contribution in [0.25, 0.3) is 0 Å². The van der Waals surface area contributed by atoms with Crippen LogP contribution < -0.4 is 16.7 Å². The first-order valence-electron chi connectivity index (χ1n) is 28.3. The first-order valence-corrected chi connectivity index (χ1v) is 37.1. The largest absolute Gasteiger partial charge is 0.481 e. The van der Waals surface area contributed by atoms with Crippen molar-refractivity contribution in [1.82, 2.24) is 0 Å². The smallest absolute Gasteiger partial charge is 0.339 e. The number of carbonyl (C=O) groups excluding carboxylic acids is 1. The van der Waals surface area contributed by atoms with Gasteiger partial charge in [-0.05, 0) is 144 Å². The Morgan fingerprint density at radius 1 is 0.396 bits per heavy atom. The third kappa shape index (κ3) is 16.9. The minimum atomic E-state index is -4.83. The molecule has 9 rings (SSSR count). The number of fused-ring (bicyclic) bond motifs is 8. The fraction of sp³-hybridized carbons (Fsp3) is 0.254. The lowest BCUT2D eigenvalue weighted by Gasteiger charge is -2.27. The van der Waals surface area contributed by atoms with Crippen molar-refractivity contribution in [2.45, 2.75) is 130 Å². The monoisotopic (exact) mass is 1570 g/mol. The number of esters is 1. The molecule has 478 valence electrons. The topological polar surface area (TPSA) is 237 Å². The normalized spacial score (nSPS) is 13.1. The summed E-state index contributed by atoms with van der Waals surface area (Å²) in [6.45, 7) is 14.8. The zero-order valence-corrected chi connectivity index (χ0v) is 60.0. The fourth-order valence-electron chi connectivity index (χ4n) is 10.2. The quantitative estimate of drug-likeness (QED) is 0.0659. The number of aliphatic carboxylic acids is 1. The van der Waals surface area contributed by atoms with Crippen LogP contribution in [0.4, 0.5) is 0 Å². The maximum absolute atomic E-state index is 15.0. The molecule has 0 radical (unpaired) electrons. The average Bonchev–Trinajstić information content (AvgIpc) is 0.789. The van der Waals surface area contributed by atoms with Crippen LogP contribution in [-0.2, 0) is 104 Å². The molecule has 8 aromatic rings. The van der Waals surface area contributed by atoms with Gasteiger partial charge in [0.15, 0.2) is 0 Å². The van der Waals surface area contributed by atoms with E-state index in [1.54, 1.807) is 50.2 Å². The molecule has 0 saturated carbocycles. The molecule has 0 aliphatic heterocycles. The second kappa shape index (κ2) is 26.9. The number of carboxylic acid groups (broad SMARTS) is 1. The maximum Gasteiger partial charge on any atom is 0.339 e. The SMILES string of the molecule is CC(C)OC(=O)Cc1cc2c(OS(=O)(=O)c3ccc(Br)cc3)c(c1)Cc1cc(C(C)(C)C)cc(c1OS(=O)(=O)c1ccc(Br)cc1)Cc1cc(CC(=O)O)cc(c1OS(=O)(=O)c1ccc(Br)cc1)Cc1cc(C(C)(C)C)cc(c1OS(=O)(=O)c1ccc(Br)cc1)C2. The van der Waals surface area contributed by atoms with E-state index >= 15 is 0 Å². The number of ether oxygens (including phenoxy) is 1. The molecule has 0 spiro atoms. The Kier molecular flexibility index (Phi) is 20.4. The Morgan fingerprint density at radius 2 is 0.615 bits per heavy atom. The molecule has 0 fully saturated rings. The van der Waals surface area contributed by atoms with E-state index < -0.39 is 101 Å². The third-order valence-corrected chi connectivity index (χ3v) is 21.7. The van der Waals surface area contributed by atoms with Crippen LogP contribution in [-0.4, -0.2) is 56.8 Å². The number of halogens is 4. The van der Waals surface area contributed by atoms with Crippen molar-refractivity contribution >= 4 is 116 Å². The average molecular weight is 1570 g/mol. The first-order chi connectivity index (χ1) is 42.4. The third-order valence-electron chi connectivity index (χ3n) is 14.6. The zero-order valence-electron chi connectivity index (χ0n) is 50.4. The van der Waals surface area contributed by atoms with Crippen LogP contribution in [0.15, 0.2) is 183 Å². The van der Waals surface area contributed by atoms with Gasteiger partial charge in [-0.25, -0.2) is 0 Å². The van der Waals surface area contributed by atoms with Crippen LogP contribution in [0.2, 0.25) is 0 Å². The van der Waals surface area contributed by atoms with Gasteiger partial charge in [0.1, 0.15) is 42.6 Å². The van der Waals surface area contributed by atoms with Crippen molar-refractivity contribution in [2.24, 2.45) is 0 Å². The van der Waals surface area contributed by atoms with E-state index in [4.69, 9.17) is 21.5 Å². The molecule has 8 bridgehead atoms. The Morgan fingerprint density at radius 3 is 0.824 bits per heavy atom. The molecular weight excluding hydrogens is 1510 g/mol. The second-order valence-electron chi connectivity index (χ2n) is 24.2. The fourth-order valence-corrected chi connectivity index (χ4v) is 15.3. The van der Waals surface area contributed by atoms with Gasteiger partial charge in [-0.1, -0.05) is 154 Å². The molecule has 0 atom stereocenters. The highest BCUT2D eigenvalue weighted by molar-refractivity contribution is 9.11. The summed E-state index contributed by atoms with van der Waals surface area (Å²) < 4.78 is 153. The van der Waals surface area contributed by atoms with Crippen LogP contribution in [0, 0.1) is 0 Å². The second-order valence-corrected chi connectivity index (χ2v) is 34.0. The highest BCUT2D eigenvalue weighted by Crippen LogP contribution is 2.45. The molecule has 0 saturated heterocycles. The number of hydrogen-bond donors (Lipinski definition) is 1. The van der Waals surface area contributed by atoms with E-state index in [1.165, 1.54) is 109 Å². The predicted molar refractivity (Wildman–Crippen MR) is 358 cm³/mol. The lowest BCUT2D eigenvalue weighted by Crippen LogP contribution is -2.19. The standard InChI is InChI=1S/C67H62Br4O16S4/c1-39(2)83-61(74)30-41-27-44-33-48-37-50(66(3,4)5)35-46(64(48)86-90(79,80)58-21-13-54(70)14-22-58)31-42-25-40(29-60(72)73)26-43(62(42)84-88(75,76)56-17-9-52(68)10-18-56)32-47-36-51(67(6,7)8)38-49(65(47)87-91(81,82)59-23-15-55(71)16-24-59)34-45(28-41)63(44)85-89(77,78)57-19-11-53(69)12-20-57/h9-28,35-39H,29-34H2,1-8H3,(H,72,73). The molecule has 24 heteroatoms. The minimum Gasteiger partial charge on any atom is -0.481 e. The van der Waals surface area contributed by atoms with Crippen molar-refractivity contribution in [3.05, 3.63) is 230 Å². The van der Waals surface area contributed by atoms with Gasteiger partial charge in [0.2, 0.25) is 0 Å². The van der Waals surface area contributed by atoms with Crippen molar-refractivity contribution in [2.75, 3.05) is 0 Å². The van der Waals surface area contributed by atoms with E-state index in [1.807, 2.05) is 41.5 Å². The summed E-state index contributed by atoms with van der Waals surface area (Å²) in [5.41, 5.74) is 0.773. The summed E-state index contributed by atoms with van der Waals surface area (Å²) in [6.07, 6.45) is -3.23. The summed E-state index contributed by atoms with van der Waals surface area (Å²) >= 11 is 13.5. The van der Waals surface area contributed by atoms with Gasteiger partial charge < -0.3 is 26.6 Å². The molecule has 0 amide bonds. The van der Waals surface area contributed by atoms with Crippen LogP contribution >= 0.6 is 63.7 Å². The van der Waals surface area contributed by atoms with E-state index in [2.05, 4.69) is 63.7 Å². The molecule has 16 nitrogen and oxygen atoms in total. The summed E-state index contributed by atoms with van der Waals surface area (Å²) in [5.74, 6) is -3.07. The van der Waals surface area contributed by atoms with Gasteiger partial charge in [-0.3, -0.25) is 9.59 Å². The molecule has 0 unspecified atom stereocenters.